The van der Waals surface area contributed by atoms with Crippen LogP contribution < -0.4 is 15.4 Å². The average molecular weight is 340 g/mol. The highest BCUT2D eigenvalue weighted by molar-refractivity contribution is 5.96. The van der Waals surface area contributed by atoms with Crippen molar-refractivity contribution in [2.45, 2.75) is 26.7 Å². The molecule has 0 heterocycles. The van der Waals surface area contributed by atoms with Crippen molar-refractivity contribution in [3.8, 4) is 5.75 Å². The van der Waals surface area contributed by atoms with Crippen LogP contribution in [0.1, 0.15) is 35.7 Å². The summed E-state index contributed by atoms with van der Waals surface area (Å²) in [5, 5.41) is 5.60. The van der Waals surface area contributed by atoms with Crippen molar-refractivity contribution >= 4 is 17.5 Å². The number of nitrogens with one attached hydrogen (secondary N) is 2. The number of ether oxygens (including phenoxy) is 1. The highest BCUT2D eigenvalue weighted by Gasteiger charge is 2.07. The largest absolute Gasteiger partial charge is 0.484 e. The molecule has 132 valence electrons. The van der Waals surface area contributed by atoms with Crippen LogP contribution in [0.5, 0.6) is 5.75 Å². The van der Waals surface area contributed by atoms with Crippen LogP contribution in [0.2, 0.25) is 0 Å². The first kappa shape index (κ1) is 18.5. The van der Waals surface area contributed by atoms with Gasteiger partial charge in [-0.25, -0.2) is 0 Å². The van der Waals surface area contributed by atoms with Gasteiger partial charge < -0.3 is 15.4 Å². The minimum absolute atomic E-state index is 0.0671. The van der Waals surface area contributed by atoms with E-state index in [1.54, 1.807) is 24.3 Å². The molecule has 2 aromatic rings. The Labute approximate surface area is 148 Å². The normalized spacial score (nSPS) is 10.2. The minimum atomic E-state index is -0.249. The molecule has 5 nitrogen and oxygen atoms in total. The van der Waals surface area contributed by atoms with Crippen LogP contribution in [0.25, 0.3) is 0 Å². The van der Waals surface area contributed by atoms with Crippen molar-refractivity contribution < 1.29 is 14.3 Å². The van der Waals surface area contributed by atoms with Crippen molar-refractivity contribution in [1.82, 2.24) is 5.32 Å². The number of hydrogen-bond donors (Lipinski definition) is 2. The highest BCUT2D eigenvalue weighted by atomic mass is 16.5. The van der Waals surface area contributed by atoms with Crippen molar-refractivity contribution in [1.29, 1.82) is 0 Å². The first-order valence-corrected chi connectivity index (χ1v) is 8.46. The Morgan fingerprint density at radius 1 is 1.00 bits per heavy atom. The number of hydrogen-bond acceptors (Lipinski definition) is 3. The molecule has 0 aliphatic heterocycles. The third-order valence-corrected chi connectivity index (χ3v) is 3.64. The van der Waals surface area contributed by atoms with Gasteiger partial charge in [-0.2, -0.15) is 0 Å². The molecule has 0 aromatic heterocycles. The number of aryl methyl sites for hydroxylation is 1. The topological polar surface area (TPSA) is 67.4 Å². The van der Waals surface area contributed by atoms with Crippen molar-refractivity contribution in [3.05, 3.63) is 59.7 Å². The van der Waals surface area contributed by atoms with E-state index < -0.39 is 0 Å². The first-order valence-electron chi connectivity index (χ1n) is 8.46. The molecule has 2 aromatic carbocycles. The van der Waals surface area contributed by atoms with E-state index in [0.29, 0.717) is 23.5 Å². The third-order valence-electron chi connectivity index (χ3n) is 3.64. The lowest BCUT2D eigenvalue weighted by molar-refractivity contribution is -0.118. The number of benzene rings is 2. The van der Waals surface area contributed by atoms with Gasteiger partial charge in [-0.1, -0.05) is 31.0 Å². The summed E-state index contributed by atoms with van der Waals surface area (Å²) >= 11 is 0. The maximum Gasteiger partial charge on any atom is 0.262 e. The van der Waals surface area contributed by atoms with Gasteiger partial charge in [-0.3, -0.25) is 9.59 Å². The Balaban J connectivity index is 1.80. The van der Waals surface area contributed by atoms with Gasteiger partial charge in [-0.15, -0.1) is 0 Å². The molecule has 0 atom stereocenters. The number of carbonyl (C=O) groups is 2. The Kier molecular flexibility index (Phi) is 7.01. The molecule has 0 fully saturated rings. The van der Waals surface area contributed by atoms with Crippen LogP contribution in [0, 0.1) is 6.92 Å². The summed E-state index contributed by atoms with van der Waals surface area (Å²) in [6, 6.07) is 14.3. The summed E-state index contributed by atoms with van der Waals surface area (Å²) in [6.07, 6.45) is 2.00. The van der Waals surface area contributed by atoms with Crippen molar-refractivity contribution in [3.63, 3.8) is 0 Å². The number of amides is 2. The van der Waals surface area contributed by atoms with Crippen LogP contribution in [0.15, 0.2) is 48.5 Å². The summed E-state index contributed by atoms with van der Waals surface area (Å²) < 4.78 is 5.44. The van der Waals surface area contributed by atoms with E-state index in [1.807, 2.05) is 31.2 Å². The monoisotopic (exact) mass is 340 g/mol. The maximum absolute atomic E-state index is 11.9. The molecular formula is C20H24N2O3. The summed E-state index contributed by atoms with van der Waals surface area (Å²) in [4.78, 5) is 23.8. The number of rotatable bonds is 8. The zero-order valence-electron chi connectivity index (χ0n) is 14.7. The Morgan fingerprint density at radius 2 is 1.68 bits per heavy atom. The number of unbranched alkanes of at least 4 members (excludes halogenated alkanes) is 1. The lowest BCUT2D eigenvalue weighted by atomic mass is 10.2. The third kappa shape index (κ3) is 6.30. The standard InChI is InChI=1S/C20H24N2O3/c1-3-4-13-21-20(24)16-7-9-17(10-8-16)22-19(23)14-25-18-11-5-15(2)6-12-18/h5-12H,3-4,13-14H2,1-2H3,(H,21,24)(H,22,23). The SMILES string of the molecule is CCCCNC(=O)c1ccc(NC(=O)COc2ccc(C)cc2)cc1. The zero-order chi connectivity index (χ0) is 18.1. The van der Waals surface area contributed by atoms with Crippen LogP contribution in [0.4, 0.5) is 5.69 Å². The Hall–Kier alpha value is -2.82. The molecule has 5 heteroatoms. The molecule has 0 spiro atoms. The smallest absolute Gasteiger partial charge is 0.262 e. The second-order valence-electron chi connectivity index (χ2n) is 5.84. The number of carbonyl (C=O) groups excluding carboxylic acids is 2. The van der Waals surface area contributed by atoms with Gasteiger partial charge in [0.25, 0.3) is 11.8 Å². The van der Waals surface area contributed by atoms with Crippen molar-refractivity contribution in [2.24, 2.45) is 0 Å². The molecule has 0 saturated carbocycles. The molecule has 2 N–H and O–H groups in total. The quantitative estimate of drug-likeness (QED) is 0.722. The summed E-state index contributed by atoms with van der Waals surface area (Å²) in [5.74, 6) is 0.301. The second kappa shape index (κ2) is 9.47. The fourth-order valence-corrected chi connectivity index (χ4v) is 2.17. The van der Waals surface area contributed by atoms with E-state index in [0.717, 1.165) is 18.4 Å². The summed E-state index contributed by atoms with van der Waals surface area (Å²) in [6.45, 7) is 4.67. The highest BCUT2D eigenvalue weighted by Crippen LogP contribution is 2.12. The predicted molar refractivity (Wildman–Crippen MR) is 99.0 cm³/mol. The molecule has 0 saturated heterocycles. The van der Waals surface area contributed by atoms with Crippen LogP contribution in [0.3, 0.4) is 0 Å². The van der Waals surface area contributed by atoms with Crippen molar-refractivity contribution in [2.75, 3.05) is 18.5 Å². The molecule has 2 amide bonds. The van der Waals surface area contributed by atoms with E-state index in [4.69, 9.17) is 4.74 Å². The van der Waals surface area contributed by atoms with Gasteiger partial charge in [0.15, 0.2) is 6.61 Å². The van der Waals surface area contributed by atoms with E-state index in [1.165, 1.54) is 0 Å². The van der Waals surface area contributed by atoms with Crippen LogP contribution >= 0.6 is 0 Å². The van der Waals surface area contributed by atoms with Gasteiger partial charge in [0.2, 0.25) is 0 Å². The van der Waals surface area contributed by atoms with E-state index in [2.05, 4.69) is 17.6 Å². The van der Waals surface area contributed by atoms with Gasteiger partial charge in [-0.05, 0) is 49.7 Å². The number of anilines is 1. The van der Waals surface area contributed by atoms with Crippen LogP contribution in [-0.4, -0.2) is 25.0 Å². The first-order chi connectivity index (χ1) is 12.1. The molecule has 25 heavy (non-hydrogen) atoms. The summed E-state index contributed by atoms with van der Waals surface area (Å²) in [5.41, 5.74) is 2.34. The minimum Gasteiger partial charge on any atom is -0.484 e. The van der Waals surface area contributed by atoms with Gasteiger partial charge in [0.1, 0.15) is 5.75 Å². The van der Waals surface area contributed by atoms with Gasteiger partial charge in [0, 0.05) is 17.8 Å². The lowest BCUT2D eigenvalue weighted by Gasteiger charge is -2.09. The molecule has 0 bridgehead atoms. The van der Waals surface area contributed by atoms with Crippen LogP contribution in [-0.2, 0) is 4.79 Å². The van der Waals surface area contributed by atoms with Gasteiger partial charge in [0.05, 0.1) is 0 Å². The molecule has 2 rings (SSSR count). The summed E-state index contributed by atoms with van der Waals surface area (Å²) in [7, 11) is 0. The zero-order valence-corrected chi connectivity index (χ0v) is 14.7. The van der Waals surface area contributed by atoms with Gasteiger partial charge >= 0.3 is 0 Å². The van der Waals surface area contributed by atoms with E-state index in [9.17, 15) is 9.59 Å². The maximum atomic E-state index is 11.9. The Bertz CT molecular complexity index is 694. The molecule has 0 aliphatic rings. The fourth-order valence-electron chi connectivity index (χ4n) is 2.17. The van der Waals surface area contributed by atoms with E-state index in [-0.39, 0.29) is 18.4 Å². The molecule has 0 unspecified atom stereocenters. The fraction of sp³-hybridized carbons (Fsp3) is 0.300. The predicted octanol–water partition coefficient (Wildman–Crippen LogP) is 3.54. The lowest BCUT2D eigenvalue weighted by Crippen LogP contribution is -2.24. The molecule has 0 radical (unpaired) electrons. The Morgan fingerprint density at radius 3 is 2.32 bits per heavy atom. The van der Waals surface area contributed by atoms with E-state index >= 15 is 0 Å². The molecular weight excluding hydrogens is 316 g/mol. The average Bonchev–Trinajstić information content (AvgIpc) is 2.62. The molecule has 0 aliphatic carbocycles. The second-order valence-corrected chi connectivity index (χ2v) is 5.84.